The summed E-state index contributed by atoms with van der Waals surface area (Å²) in [6.45, 7) is 2.03. The van der Waals surface area contributed by atoms with Crippen molar-refractivity contribution in [3.05, 3.63) is 60.7 Å². The van der Waals surface area contributed by atoms with Crippen LogP contribution in [0.3, 0.4) is 0 Å². The van der Waals surface area contributed by atoms with Gasteiger partial charge in [-0.3, -0.25) is 19.5 Å². The molecule has 1 aromatic heterocycles. The molecule has 1 heterocycles. The first-order valence-corrected chi connectivity index (χ1v) is 6.90. The van der Waals surface area contributed by atoms with E-state index in [0.29, 0.717) is 15.9 Å². The molecule has 2 rings (SSSR count). The van der Waals surface area contributed by atoms with Gasteiger partial charge in [0, 0.05) is 13.1 Å². The Morgan fingerprint density at radius 3 is 2.81 bits per heavy atom. The number of hydrogen-bond acceptors (Lipinski definition) is 5. The molecule has 0 amide bonds. The van der Waals surface area contributed by atoms with E-state index in [0.717, 1.165) is 5.56 Å². The highest BCUT2D eigenvalue weighted by Crippen LogP contribution is 2.25. The molecule has 2 aromatic rings. The predicted molar refractivity (Wildman–Crippen MR) is 82.7 cm³/mol. The molecule has 0 saturated carbocycles. The van der Waals surface area contributed by atoms with Gasteiger partial charge in [0.05, 0.1) is 23.5 Å². The third-order valence-corrected chi connectivity index (χ3v) is 3.95. The van der Waals surface area contributed by atoms with Gasteiger partial charge in [-0.25, -0.2) is 4.98 Å². The molecule has 0 spiro atoms. The number of hydrogen-bond donors (Lipinski definition) is 1. The van der Waals surface area contributed by atoms with E-state index < -0.39 is 4.92 Å². The largest absolute Gasteiger partial charge is 0.383 e. The second-order valence-corrected chi connectivity index (χ2v) is 5.23. The van der Waals surface area contributed by atoms with Gasteiger partial charge in [-0.15, -0.1) is 0 Å². The molecule has 0 fully saturated rings. The first kappa shape index (κ1) is 15.2. The van der Waals surface area contributed by atoms with Crippen molar-refractivity contribution in [3.8, 4) is 0 Å². The average molecular weight is 353 g/mol. The molecule has 0 radical (unpaired) electrons. The first-order chi connectivity index (χ1) is 9.93. The molecule has 0 aliphatic heterocycles. The zero-order chi connectivity index (χ0) is 15.6. The van der Waals surface area contributed by atoms with Gasteiger partial charge in [0.2, 0.25) is 0 Å². The Hall–Kier alpha value is -2.22. The molecule has 21 heavy (non-hydrogen) atoms. The van der Waals surface area contributed by atoms with Crippen LogP contribution in [-0.2, 0) is 6.54 Å². The SMILES string of the molecule is CNc1cc(Cn2cnc(C)c(Br)c2=O)ccc1[N+](=O)[O-]. The van der Waals surface area contributed by atoms with Crippen LogP contribution in [0.2, 0.25) is 0 Å². The second-order valence-electron chi connectivity index (χ2n) is 4.44. The molecule has 110 valence electrons. The van der Waals surface area contributed by atoms with E-state index in [2.05, 4.69) is 26.2 Å². The molecule has 0 bridgehead atoms. The van der Waals surface area contributed by atoms with E-state index in [1.54, 1.807) is 26.1 Å². The van der Waals surface area contributed by atoms with Crippen molar-refractivity contribution in [3.63, 3.8) is 0 Å². The van der Waals surface area contributed by atoms with Crippen LogP contribution in [0.5, 0.6) is 0 Å². The Morgan fingerprint density at radius 2 is 2.19 bits per heavy atom. The van der Waals surface area contributed by atoms with Crippen molar-refractivity contribution < 1.29 is 4.92 Å². The maximum absolute atomic E-state index is 12.1. The van der Waals surface area contributed by atoms with Gasteiger partial charge in [0.15, 0.2) is 0 Å². The van der Waals surface area contributed by atoms with Gasteiger partial charge < -0.3 is 5.32 Å². The van der Waals surface area contributed by atoms with Crippen molar-refractivity contribution >= 4 is 27.3 Å². The Labute approximate surface area is 128 Å². The fraction of sp³-hybridized carbons (Fsp3) is 0.231. The monoisotopic (exact) mass is 352 g/mol. The lowest BCUT2D eigenvalue weighted by atomic mass is 10.1. The zero-order valence-electron chi connectivity index (χ0n) is 11.5. The van der Waals surface area contributed by atoms with Gasteiger partial charge in [-0.1, -0.05) is 6.07 Å². The average Bonchev–Trinajstić information content (AvgIpc) is 2.47. The highest BCUT2D eigenvalue weighted by Gasteiger charge is 2.13. The van der Waals surface area contributed by atoms with E-state index in [1.165, 1.54) is 17.0 Å². The third-order valence-electron chi connectivity index (χ3n) is 3.04. The van der Waals surface area contributed by atoms with Crippen molar-refractivity contribution in [1.29, 1.82) is 0 Å². The maximum atomic E-state index is 12.1. The summed E-state index contributed by atoms with van der Waals surface area (Å²) in [6, 6.07) is 4.69. The molecule has 0 aliphatic rings. The molecule has 0 unspecified atom stereocenters. The molecule has 1 N–H and O–H groups in total. The molecule has 0 aliphatic carbocycles. The van der Waals surface area contributed by atoms with Crippen LogP contribution in [0.1, 0.15) is 11.3 Å². The van der Waals surface area contributed by atoms with Crippen LogP contribution in [0.4, 0.5) is 11.4 Å². The minimum Gasteiger partial charge on any atom is -0.383 e. The van der Waals surface area contributed by atoms with E-state index >= 15 is 0 Å². The normalized spacial score (nSPS) is 10.4. The lowest BCUT2D eigenvalue weighted by molar-refractivity contribution is -0.383. The fourth-order valence-corrected chi connectivity index (χ4v) is 2.23. The molecule has 1 aromatic carbocycles. The quantitative estimate of drug-likeness (QED) is 0.673. The number of halogens is 1. The van der Waals surface area contributed by atoms with Gasteiger partial charge in [-0.2, -0.15) is 0 Å². The van der Waals surface area contributed by atoms with E-state index in [4.69, 9.17) is 0 Å². The summed E-state index contributed by atoms with van der Waals surface area (Å²) in [6.07, 6.45) is 1.46. The van der Waals surface area contributed by atoms with Crippen molar-refractivity contribution in [2.24, 2.45) is 0 Å². The van der Waals surface area contributed by atoms with Crippen LogP contribution < -0.4 is 10.9 Å². The number of nitro benzene ring substituents is 1. The van der Waals surface area contributed by atoms with Crippen LogP contribution in [0.15, 0.2) is 33.8 Å². The number of benzene rings is 1. The summed E-state index contributed by atoms with van der Waals surface area (Å²) in [5, 5.41) is 13.7. The molecular weight excluding hydrogens is 340 g/mol. The second kappa shape index (κ2) is 6.04. The topological polar surface area (TPSA) is 90.1 Å². The van der Waals surface area contributed by atoms with Crippen LogP contribution in [0.25, 0.3) is 0 Å². The Balaban J connectivity index is 2.39. The van der Waals surface area contributed by atoms with Gasteiger partial charge in [0.25, 0.3) is 11.2 Å². The predicted octanol–water partition coefficient (Wildman–Crippen LogP) is 2.31. The summed E-state index contributed by atoms with van der Waals surface area (Å²) in [5.41, 5.74) is 1.61. The summed E-state index contributed by atoms with van der Waals surface area (Å²) in [4.78, 5) is 26.6. The maximum Gasteiger partial charge on any atom is 0.292 e. The van der Waals surface area contributed by atoms with Gasteiger partial charge in [-0.05, 0) is 34.5 Å². The minimum absolute atomic E-state index is 0.00295. The Kier molecular flexibility index (Phi) is 4.37. The van der Waals surface area contributed by atoms with Crippen LogP contribution >= 0.6 is 15.9 Å². The van der Waals surface area contributed by atoms with E-state index in [9.17, 15) is 14.9 Å². The molecule has 0 saturated heterocycles. The number of rotatable bonds is 4. The molecule has 8 heteroatoms. The third kappa shape index (κ3) is 3.10. The lowest BCUT2D eigenvalue weighted by Gasteiger charge is -2.09. The van der Waals surface area contributed by atoms with Crippen molar-refractivity contribution in [2.45, 2.75) is 13.5 Å². The highest BCUT2D eigenvalue weighted by atomic mass is 79.9. The van der Waals surface area contributed by atoms with Crippen LogP contribution in [0, 0.1) is 17.0 Å². The number of anilines is 1. The standard InChI is InChI=1S/C13H13BrN4O3/c1-8-12(14)13(19)17(7-16-8)6-9-3-4-11(18(20)21)10(5-9)15-2/h3-5,7,15H,6H2,1-2H3. The number of aryl methyl sites for hydroxylation is 1. The summed E-state index contributed by atoms with van der Waals surface area (Å²) >= 11 is 3.20. The van der Waals surface area contributed by atoms with Gasteiger partial charge in [0.1, 0.15) is 10.2 Å². The molecule has 7 nitrogen and oxygen atoms in total. The minimum atomic E-state index is -0.453. The summed E-state index contributed by atoms with van der Waals surface area (Å²) < 4.78 is 1.86. The van der Waals surface area contributed by atoms with E-state index in [-0.39, 0.29) is 17.8 Å². The fourth-order valence-electron chi connectivity index (χ4n) is 1.90. The van der Waals surface area contributed by atoms with Crippen LogP contribution in [-0.4, -0.2) is 21.5 Å². The zero-order valence-corrected chi connectivity index (χ0v) is 13.0. The summed E-state index contributed by atoms with van der Waals surface area (Å²) in [7, 11) is 1.61. The van der Waals surface area contributed by atoms with Gasteiger partial charge >= 0.3 is 0 Å². The van der Waals surface area contributed by atoms with E-state index in [1.807, 2.05) is 0 Å². The first-order valence-electron chi connectivity index (χ1n) is 6.10. The molecular formula is C13H13BrN4O3. The molecule has 0 atom stereocenters. The number of nitrogens with one attached hydrogen (secondary N) is 1. The lowest BCUT2D eigenvalue weighted by Crippen LogP contribution is -2.22. The smallest absolute Gasteiger partial charge is 0.292 e. The van der Waals surface area contributed by atoms with Crippen molar-refractivity contribution in [2.75, 3.05) is 12.4 Å². The van der Waals surface area contributed by atoms with Crippen molar-refractivity contribution in [1.82, 2.24) is 9.55 Å². The Morgan fingerprint density at radius 1 is 1.48 bits per heavy atom. The highest BCUT2D eigenvalue weighted by molar-refractivity contribution is 9.10. The summed E-state index contributed by atoms with van der Waals surface area (Å²) in [5.74, 6) is 0. The number of aromatic nitrogens is 2. The number of nitro groups is 1. The Bertz CT molecular complexity index is 758. The number of nitrogens with zero attached hydrogens (tertiary/aromatic N) is 3.